The van der Waals surface area contributed by atoms with Crippen molar-refractivity contribution in [3.8, 4) is 5.75 Å². The molecule has 1 aliphatic rings. The van der Waals surface area contributed by atoms with E-state index < -0.39 is 0 Å². The molecule has 130 valence electrons. The van der Waals surface area contributed by atoms with Gasteiger partial charge in [-0.2, -0.15) is 0 Å². The molecule has 6 heteroatoms. The molecule has 0 aliphatic carbocycles. The van der Waals surface area contributed by atoms with Gasteiger partial charge in [-0.05, 0) is 25.0 Å². The van der Waals surface area contributed by atoms with Crippen LogP contribution in [0.4, 0.5) is 0 Å². The molecule has 0 spiro atoms. The number of ether oxygens (including phenoxy) is 2. The van der Waals surface area contributed by atoms with Crippen molar-refractivity contribution >= 4 is 18.3 Å². The summed E-state index contributed by atoms with van der Waals surface area (Å²) in [6.45, 7) is 7.43. The van der Waals surface area contributed by atoms with E-state index in [1.807, 2.05) is 25.1 Å². The average molecular weight is 343 g/mol. The number of rotatable bonds is 7. The van der Waals surface area contributed by atoms with Crippen LogP contribution in [0.1, 0.15) is 30.9 Å². The van der Waals surface area contributed by atoms with Gasteiger partial charge in [0.15, 0.2) is 0 Å². The summed E-state index contributed by atoms with van der Waals surface area (Å²) in [6, 6.07) is 6.19. The molecule has 0 bridgehead atoms. The molecule has 1 aromatic rings. The normalized spacial score (nSPS) is 17.2. The van der Waals surface area contributed by atoms with Crippen LogP contribution >= 0.6 is 12.4 Å². The summed E-state index contributed by atoms with van der Waals surface area (Å²) in [7, 11) is 0. The van der Waals surface area contributed by atoms with E-state index in [9.17, 15) is 4.79 Å². The summed E-state index contributed by atoms with van der Waals surface area (Å²) >= 11 is 0. The molecule has 2 N–H and O–H groups in total. The van der Waals surface area contributed by atoms with E-state index in [1.165, 1.54) is 0 Å². The van der Waals surface area contributed by atoms with Crippen molar-refractivity contribution in [3.63, 3.8) is 0 Å². The van der Waals surface area contributed by atoms with Gasteiger partial charge in [0.25, 0.3) is 0 Å². The van der Waals surface area contributed by atoms with Gasteiger partial charge in [0.1, 0.15) is 5.75 Å². The van der Waals surface area contributed by atoms with Gasteiger partial charge in [-0.1, -0.05) is 19.1 Å². The zero-order valence-electron chi connectivity index (χ0n) is 13.9. The van der Waals surface area contributed by atoms with Crippen LogP contribution in [0.15, 0.2) is 18.2 Å². The fourth-order valence-electron chi connectivity index (χ4n) is 2.39. The minimum atomic E-state index is 0. The van der Waals surface area contributed by atoms with Gasteiger partial charge in [-0.15, -0.1) is 12.4 Å². The summed E-state index contributed by atoms with van der Waals surface area (Å²) in [4.78, 5) is 12.0. The van der Waals surface area contributed by atoms with Gasteiger partial charge < -0.3 is 20.1 Å². The molecule has 5 nitrogen and oxygen atoms in total. The Labute approximate surface area is 144 Å². The van der Waals surface area contributed by atoms with Gasteiger partial charge in [0.2, 0.25) is 5.91 Å². The highest BCUT2D eigenvalue weighted by Gasteiger charge is 2.17. The van der Waals surface area contributed by atoms with Crippen LogP contribution in [-0.2, 0) is 16.1 Å². The van der Waals surface area contributed by atoms with Crippen LogP contribution in [0.5, 0.6) is 5.75 Å². The number of benzene rings is 1. The van der Waals surface area contributed by atoms with Crippen LogP contribution < -0.4 is 15.4 Å². The predicted octanol–water partition coefficient (Wildman–Crippen LogP) is 2.20. The maximum atomic E-state index is 12.0. The Morgan fingerprint density at radius 2 is 2.30 bits per heavy atom. The number of morpholine rings is 1. The highest BCUT2D eigenvalue weighted by atomic mass is 35.5. The quantitative estimate of drug-likeness (QED) is 0.797. The lowest BCUT2D eigenvalue weighted by Crippen LogP contribution is -2.44. The molecule has 1 heterocycles. The second-order valence-corrected chi connectivity index (χ2v) is 5.67. The molecule has 0 radical (unpaired) electrons. The Bertz CT molecular complexity index is 491. The average Bonchev–Trinajstić information content (AvgIpc) is 2.53. The highest BCUT2D eigenvalue weighted by molar-refractivity contribution is 5.85. The molecule has 2 rings (SSSR count). The maximum absolute atomic E-state index is 12.0. The number of halogens is 1. The SMILES string of the molecule is CCCOc1cc(C)ccc1CNC(=O)CC1COCCN1.Cl. The number of nitrogens with one attached hydrogen (secondary N) is 2. The third kappa shape index (κ3) is 6.77. The molecule has 1 saturated heterocycles. The van der Waals surface area contributed by atoms with E-state index in [0.29, 0.717) is 26.2 Å². The van der Waals surface area contributed by atoms with Crippen LogP contribution in [0, 0.1) is 6.92 Å². The Morgan fingerprint density at radius 1 is 1.48 bits per heavy atom. The zero-order chi connectivity index (χ0) is 15.8. The molecular weight excluding hydrogens is 316 g/mol. The van der Waals surface area contributed by atoms with Crippen molar-refractivity contribution in [2.45, 2.75) is 39.3 Å². The molecule has 1 aromatic carbocycles. The number of carbonyl (C=O) groups is 1. The number of carbonyl (C=O) groups excluding carboxylic acids is 1. The molecule has 1 unspecified atom stereocenters. The Morgan fingerprint density at radius 3 is 3.00 bits per heavy atom. The van der Waals surface area contributed by atoms with Crippen LogP contribution in [0.2, 0.25) is 0 Å². The number of amides is 1. The summed E-state index contributed by atoms with van der Waals surface area (Å²) in [5.74, 6) is 0.895. The van der Waals surface area contributed by atoms with E-state index in [4.69, 9.17) is 9.47 Å². The van der Waals surface area contributed by atoms with E-state index >= 15 is 0 Å². The van der Waals surface area contributed by atoms with Gasteiger partial charge in [0, 0.05) is 31.1 Å². The topological polar surface area (TPSA) is 59.6 Å². The second-order valence-electron chi connectivity index (χ2n) is 5.67. The fourth-order valence-corrected chi connectivity index (χ4v) is 2.39. The van der Waals surface area contributed by atoms with E-state index in [1.54, 1.807) is 0 Å². The number of aryl methyl sites for hydroxylation is 1. The Hall–Kier alpha value is -1.30. The van der Waals surface area contributed by atoms with Crippen LogP contribution in [0.3, 0.4) is 0 Å². The Kier molecular flexibility index (Phi) is 8.99. The van der Waals surface area contributed by atoms with Crippen molar-refractivity contribution in [2.24, 2.45) is 0 Å². The minimum absolute atomic E-state index is 0. The zero-order valence-corrected chi connectivity index (χ0v) is 14.7. The van der Waals surface area contributed by atoms with E-state index in [2.05, 4.69) is 17.6 Å². The lowest BCUT2D eigenvalue weighted by atomic mass is 10.1. The van der Waals surface area contributed by atoms with E-state index in [-0.39, 0.29) is 24.4 Å². The summed E-state index contributed by atoms with van der Waals surface area (Å²) in [6.07, 6.45) is 1.41. The highest BCUT2D eigenvalue weighted by Crippen LogP contribution is 2.20. The molecule has 1 atom stereocenters. The third-order valence-electron chi connectivity index (χ3n) is 3.59. The predicted molar refractivity (Wildman–Crippen MR) is 93.3 cm³/mol. The number of hydrogen-bond acceptors (Lipinski definition) is 4. The van der Waals surface area contributed by atoms with Crippen molar-refractivity contribution in [2.75, 3.05) is 26.4 Å². The summed E-state index contributed by atoms with van der Waals surface area (Å²) in [5, 5.41) is 6.25. The molecule has 0 aromatic heterocycles. The first kappa shape index (κ1) is 19.7. The Balaban J connectivity index is 0.00000264. The third-order valence-corrected chi connectivity index (χ3v) is 3.59. The van der Waals surface area contributed by atoms with Crippen molar-refractivity contribution in [1.82, 2.24) is 10.6 Å². The van der Waals surface area contributed by atoms with Crippen molar-refractivity contribution < 1.29 is 14.3 Å². The monoisotopic (exact) mass is 342 g/mol. The van der Waals surface area contributed by atoms with Gasteiger partial charge in [0.05, 0.1) is 19.8 Å². The number of hydrogen-bond donors (Lipinski definition) is 2. The van der Waals surface area contributed by atoms with Crippen molar-refractivity contribution in [3.05, 3.63) is 29.3 Å². The summed E-state index contributed by atoms with van der Waals surface area (Å²) in [5.41, 5.74) is 2.17. The van der Waals surface area contributed by atoms with Crippen LogP contribution in [-0.4, -0.2) is 38.3 Å². The summed E-state index contributed by atoms with van der Waals surface area (Å²) < 4.78 is 11.1. The lowest BCUT2D eigenvalue weighted by Gasteiger charge is -2.23. The first-order valence-electron chi connectivity index (χ1n) is 7.99. The first-order chi connectivity index (χ1) is 10.7. The smallest absolute Gasteiger partial charge is 0.221 e. The van der Waals surface area contributed by atoms with E-state index in [0.717, 1.165) is 36.4 Å². The minimum Gasteiger partial charge on any atom is -0.493 e. The van der Waals surface area contributed by atoms with Crippen LogP contribution in [0.25, 0.3) is 0 Å². The van der Waals surface area contributed by atoms with Gasteiger partial charge in [-0.3, -0.25) is 4.79 Å². The first-order valence-corrected chi connectivity index (χ1v) is 7.99. The molecule has 1 fully saturated rings. The molecule has 1 aliphatic heterocycles. The molecule has 1 amide bonds. The maximum Gasteiger partial charge on any atom is 0.221 e. The largest absolute Gasteiger partial charge is 0.493 e. The lowest BCUT2D eigenvalue weighted by molar-refractivity contribution is -0.122. The standard InChI is InChI=1S/C17H26N2O3.ClH/c1-3-7-22-16-9-13(2)4-5-14(16)11-19-17(20)10-15-12-21-8-6-18-15;/h4-5,9,15,18H,3,6-8,10-12H2,1-2H3,(H,19,20);1H. The second kappa shape index (κ2) is 10.5. The molecule has 23 heavy (non-hydrogen) atoms. The van der Waals surface area contributed by atoms with Gasteiger partial charge >= 0.3 is 0 Å². The van der Waals surface area contributed by atoms with Crippen molar-refractivity contribution in [1.29, 1.82) is 0 Å². The fraction of sp³-hybridized carbons (Fsp3) is 0.588. The van der Waals surface area contributed by atoms with Gasteiger partial charge in [-0.25, -0.2) is 0 Å². The molecular formula is C17H27ClN2O3. The molecule has 0 saturated carbocycles.